The number of nitrogens with zero attached hydrogens (tertiary/aromatic N) is 1. The van der Waals surface area contributed by atoms with Gasteiger partial charge in [-0.05, 0) is 48.9 Å². The maximum absolute atomic E-state index is 13.3. The van der Waals surface area contributed by atoms with Gasteiger partial charge in [-0.2, -0.15) is 0 Å². The number of benzene rings is 2. The fourth-order valence-corrected chi connectivity index (χ4v) is 5.62. The van der Waals surface area contributed by atoms with Crippen molar-refractivity contribution in [1.82, 2.24) is 10.2 Å². The number of fused-ring (bicyclic) bond motifs is 2. The van der Waals surface area contributed by atoms with Crippen molar-refractivity contribution in [1.29, 1.82) is 0 Å². The lowest BCUT2D eigenvalue weighted by atomic mass is 9.95. The van der Waals surface area contributed by atoms with E-state index in [4.69, 9.17) is 14.2 Å². The maximum Gasteiger partial charge on any atom is 0.322 e. The molecule has 2 aliphatic heterocycles. The first-order valence-corrected chi connectivity index (χ1v) is 13.0. The molecule has 2 aromatic rings. The second-order valence-corrected chi connectivity index (χ2v) is 10.1. The van der Waals surface area contributed by atoms with Gasteiger partial charge in [0.2, 0.25) is 5.91 Å². The number of hydrogen-bond donors (Lipinski definition) is 3. The lowest BCUT2D eigenvalue weighted by Crippen LogP contribution is -2.58. The highest BCUT2D eigenvalue weighted by Gasteiger charge is 2.40. The summed E-state index contributed by atoms with van der Waals surface area (Å²) in [5, 5.41) is 16.5. The zero-order valence-corrected chi connectivity index (χ0v) is 21.1. The monoisotopic (exact) mass is 509 g/mol. The standard InChI is InChI=1S/C28H35N3O6/c1-35-23-8-4-7-20(13-23)30-28(34)31-15-22(32)16-36-17-26-25(31)10-9-24(37-26)14-27(33)29-21-11-18-5-2-3-6-19(18)12-21/h2-8,13,21-22,24-26,32H,9-12,14-17H2,1H3,(H,29,33)(H,30,34)/t22-,24-,25-,26+/m0/s1. The Labute approximate surface area is 217 Å². The van der Waals surface area contributed by atoms with E-state index in [1.807, 2.05) is 12.1 Å². The SMILES string of the molecule is COc1cccc(NC(=O)N2C[C@H](O)COC[C@H]3O[C@H](CC(=O)NC4Cc5ccccc5C4)CC[C@@H]32)c1. The minimum atomic E-state index is -0.795. The number of anilines is 1. The number of carbonyl (C=O) groups is 2. The molecule has 5 rings (SSSR count). The van der Waals surface area contributed by atoms with Gasteiger partial charge in [0.05, 0.1) is 51.5 Å². The summed E-state index contributed by atoms with van der Waals surface area (Å²) < 4.78 is 17.2. The van der Waals surface area contributed by atoms with Crippen LogP contribution in [0.2, 0.25) is 0 Å². The number of rotatable bonds is 5. The maximum atomic E-state index is 13.3. The van der Waals surface area contributed by atoms with Gasteiger partial charge in [0.15, 0.2) is 0 Å². The van der Waals surface area contributed by atoms with Crippen LogP contribution in [0, 0.1) is 0 Å². The number of β-amino-alcohol motifs (C(OH)–C–C–N with tert-alkyl or cyclic N) is 1. The normalized spacial score (nSPS) is 25.8. The highest BCUT2D eigenvalue weighted by atomic mass is 16.5. The first-order valence-electron chi connectivity index (χ1n) is 13.0. The molecule has 0 bridgehead atoms. The van der Waals surface area contributed by atoms with Crippen molar-refractivity contribution in [3.05, 3.63) is 59.7 Å². The fourth-order valence-electron chi connectivity index (χ4n) is 5.62. The number of ether oxygens (including phenoxy) is 3. The zero-order chi connectivity index (χ0) is 25.8. The van der Waals surface area contributed by atoms with Crippen LogP contribution in [0.25, 0.3) is 0 Å². The average molecular weight is 510 g/mol. The summed E-state index contributed by atoms with van der Waals surface area (Å²) in [6.45, 7) is 0.497. The minimum Gasteiger partial charge on any atom is -0.497 e. The Balaban J connectivity index is 1.19. The van der Waals surface area contributed by atoms with Gasteiger partial charge in [-0.25, -0.2) is 4.79 Å². The number of methoxy groups -OCH3 is 1. The van der Waals surface area contributed by atoms with E-state index in [9.17, 15) is 14.7 Å². The Bertz CT molecular complexity index is 1090. The zero-order valence-electron chi connectivity index (χ0n) is 21.1. The predicted molar refractivity (Wildman–Crippen MR) is 138 cm³/mol. The summed E-state index contributed by atoms with van der Waals surface area (Å²) >= 11 is 0. The van der Waals surface area contributed by atoms with Crippen molar-refractivity contribution in [2.24, 2.45) is 0 Å². The largest absolute Gasteiger partial charge is 0.497 e. The highest BCUT2D eigenvalue weighted by Crippen LogP contribution is 2.29. The van der Waals surface area contributed by atoms with Crippen LogP contribution >= 0.6 is 0 Å². The third-order valence-corrected chi connectivity index (χ3v) is 7.39. The summed E-state index contributed by atoms with van der Waals surface area (Å²) in [7, 11) is 1.57. The molecule has 2 heterocycles. The van der Waals surface area contributed by atoms with Gasteiger partial charge in [0.1, 0.15) is 11.9 Å². The molecular weight excluding hydrogens is 474 g/mol. The molecule has 37 heavy (non-hydrogen) atoms. The number of urea groups is 1. The van der Waals surface area contributed by atoms with Crippen molar-refractivity contribution < 1.29 is 28.9 Å². The van der Waals surface area contributed by atoms with E-state index in [0.29, 0.717) is 24.3 Å². The van der Waals surface area contributed by atoms with E-state index in [0.717, 1.165) is 12.8 Å². The Kier molecular flexibility index (Phi) is 7.93. The second kappa shape index (κ2) is 11.5. The number of nitrogens with one attached hydrogen (secondary N) is 2. The number of aliphatic hydroxyl groups excluding tert-OH is 1. The topological polar surface area (TPSA) is 109 Å². The second-order valence-electron chi connectivity index (χ2n) is 10.1. The van der Waals surface area contributed by atoms with E-state index in [2.05, 4.69) is 22.8 Å². The van der Waals surface area contributed by atoms with Crippen LogP contribution < -0.4 is 15.4 Å². The molecular formula is C28H35N3O6. The third kappa shape index (κ3) is 6.23. The highest BCUT2D eigenvalue weighted by molar-refractivity contribution is 5.90. The first kappa shape index (κ1) is 25.5. The van der Waals surface area contributed by atoms with E-state index >= 15 is 0 Å². The predicted octanol–water partition coefficient (Wildman–Crippen LogP) is 2.51. The molecule has 2 saturated heterocycles. The van der Waals surface area contributed by atoms with Crippen LogP contribution in [0.5, 0.6) is 5.75 Å². The van der Waals surface area contributed by atoms with Gasteiger partial charge in [-0.3, -0.25) is 4.79 Å². The van der Waals surface area contributed by atoms with E-state index in [1.54, 1.807) is 36.3 Å². The van der Waals surface area contributed by atoms with E-state index < -0.39 is 6.10 Å². The molecule has 0 radical (unpaired) electrons. The lowest BCUT2D eigenvalue weighted by molar-refractivity contribution is -0.150. The van der Waals surface area contributed by atoms with Gasteiger partial charge in [-0.1, -0.05) is 30.3 Å². The summed E-state index contributed by atoms with van der Waals surface area (Å²) in [6, 6.07) is 15.0. The van der Waals surface area contributed by atoms with E-state index in [-0.39, 0.29) is 62.4 Å². The molecule has 0 aromatic heterocycles. The number of carbonyl (C=O) groups excluding carboxylic acids is 2. The molecule has 9 heteroatoms. The summed E-state index contributed by atoms with van der Waals surface area (Å²) in [5.41, 5.74) is 3.20. The molecule has 0 saturated carbocycles. The van der Waals surface area contributed by atoms with Crippen molar-refractivity contribution in [2.75, 3.05) is 32.2 Å². The Morgan fingerprint density at radius 1 is 1.08 bits per heavy atom. The van der Waals surface area contributed by atoms with Gasteiger partial charge < -0.3 is 34.9 Å². The van der Waals surface area contributed by atoms with Crippen LogP contribution in [0.3, 0.4) is 0 Å². The molecule has 3 amide bonds. The van der Waals surface area contributed by atoms with Crippen LogP contribution in [-0.4, -0.2) is 79.2 Å². The molecule has 0 unspecified atom stereocenters. The molecule has 0 spiro atoms. The Morgan fingerprint density at radius 2 is 1.86 bits per heavy atom. The van der Waals surface area contributed by atoms with Crippen molar-refractivity contribution in [2.45, 2.75) is 62.5 Å². The van der Waals surface area contributed by atoms with Crippen LogP contribution in [-0.2, 0) is 27.1 Å². The smallest absolute Gasteiger partial charge is 0.322 e. The number of hydrogen-bond acceptors (Lipinski definition) is 6. The van der Waals surface area contributed by atoms with Gasteiger partial charge in [0.25, 0.3) is 0 Å². The number of amides is 3. The summed E-state index contributed by atoms with van der Waals surface area (Å²) in [6.07, 6.45) is 1.84. The molecule has 3 N–H and O–H groups in total. The minimum absolute atomic E-state index is 0.0175. The average Bonchev–Trinajstić information content (AvgIpc) is 3.28. The van der Waals surface area contributed by atoms with E-state index in [1.165, 1.54) is 11.1 Å². The quantitative estimate of drug-likeness (QED) is 0.572. The van der Waals surface area contributed by atoms with Crippen molar-refractivity contribution >= 4 is 17.6 Å². The fraction of sp³-hybridized carbons (Fsp3) is 0.500. The van der Waals surface area contributed by atoms with Crippen LogP contribution in [0.15, 0.2) is 48.5 Å². The summed E-state index contributed by atoms with van der Waals surface area (Å²) in [4.78, 5) is 27.8. The Hall–Kier alpha value is -3.14. The third-order valence-electron chi connectivity index (χ3n) is 7.39. The molecule has 4 atom stereocenters. The van der Waals surface area contributed by atoms with Crippen LogP contribution in [0.4, 0.5) is 10.5 Å². The molecule has 1 aliphatic carbocycles. The molecule has 2 fully saturated rings. The molecule has 198 valence electrons. The van der Waals surface area contributed by atoms with Crippen LogP contribution in [0.1, 0.15) is 30.4 Å². The first-order chi connectivity index (χ1) is 18.0. The number of aliphatic hydroxyl groups is 1. The van der Waals surface area contributed by atoms with Crippen molar-refractivity contribution in [3.8, 4) is 5.75 Å². The molecule has 2 aromatic carbocycles. The van der Waals surface area contributed by atoms with Gasteiger partial charge >= 0.3 is 6.03 Å². The molecule has 9 nitrogen and oxygen atoms in total. The lowest BCUT2D eigenvalue weighted by Gasteiger charge is -2.44. The molecule has 3 aliphatic rings. The van der Waals surface area contributed by atoms with Crippen molar-refractivity contribution in [3.63, 3.8) is 0 Å². The Morgan fingerprint density at radius 3 is 2.62 bits per heavy atom. The van der Waals surface area contributed by atoms with Gasteiger partial charge in [-0.15, -0.1) is 0 Å². The summed E-state index contributed by atoms with van der Waals surface area (Å²) in [5.74, 6) is 0.622. The van der Waals surface area contributed by atoms with Gasteiger partial charge in [0, 0.05) is 17.8 Å².